The number of aromatic nitrogens is 2. The highest BCUT2D eigenvalue weighted by Crippen LogP contribution is 2.17. The first-order valence-electron chi connectivity index (χ1n) is 8.13. The number of anilines is 1. The molecular weight excluding hydrogens is 348 g/mol. The normalized spacial score (nSPS) is 14.0. The van der Waals surface area contributed by atoms with Gasteiger partial charge in [0.05, 0.1) is 4.53 Å². The summed E-state index contributed by atoms with van der Waals surface area (Å²) in [6, 6.07) is 11.1. The lowest BCUT2D eigenvalue weighted by Crippen LogP contribution is -2.42. The fourth-order valence-corrected chi connectivity index (χ4v) is 3.76. The van der Waals surface area contributed by atoms with Crippen LogP contribution in [0.5, 0.6) is 0 Å². The molecule has 3 aromatic rings. The van der Waals surface area contributed by atoms with Crippen LogP contribution in [0.1, 0.15) is 22.8 Å². The standard InChI is InChI=1S/C19H16N4O2S/c1-13(24)15-2-4-16(5-3-15)22-11-21-19-23(12-22)18(25)17(26-19)10-14-6-8-20-9-7-14/h2-10H,11-12H2,1H3. The Labute approximate surface area is 153 Å². The maximum atomic E-state index is 12.7. The van der Waals surface area contributed by atoms with Crippen molar-refractivity contribution in [2.45, 2.75) is 13.6 Å². The molecule has 7 heteroatoms. The van der Waals surface area contributed by atoms with Gasteiger partial charge in [0.2, 0.25) is 0 Å². The predicted octanol–water partition coefficient (Wildman–Crippen LogP) is 1.39. The Morgan fingerprint density at radius 1 is 1.15 bits per heavy atom. The molecule has 0 aliphatic carbocycles. The zero-order chi connectivity index (χ0) is 18.1. The molecule has 0 unspecified atom stereocenters. The molecular formula is C19H16N4O2S. The number of carbonyl (C=O) groups excluding carboxylic acids is 1. The van der Waals surface area contributed by atoms with E-state index in [1.165, 1.54) is 11.3 Å². The van der Waals surface area contributed by atoms with E-state index in [1.807, 2.05) is 35.2 Å². The van der Waals surface area contributed by atoms with Crippen LogP contribution in [0.3, 0.4) is 0 Å². The molecule has 2 aromatic heterocycles. The topological polar surface area (TPSA) is 67.6 Å². The zero-order valence-corrected chi connectivity index (χ0v) is 14.9. The quantitative estimate of drug-likeness (QED) is 0.659. The fraction of sp³-hybridized carbons (Fsp3) is 0.158. The fourth-order valence-electron chi connectivity index (χ4n) is 2.79. The molecule has 1 aliphatic rings. The Hall–Kier alpha value is -3.06. The minimum absolute atomic E-state index is 0.0347. The Bertz CT molecular complexity index is 1130. The molecule has 4 rings (SSSR count). The highest BCUT2D eigenvalue weighted by Gasteiger charge is 2.16. The van der Waals surface area contributed by atoms with E-state index >= 15 is 0 Å². The summed E-state index contributed by atoms with van der Waals surface area (Å²) in [5, 5.41) is 0. The highest BCUT2D eigenvalue weighted by atomic mass is 32.1. The van der Waals surface area contributed by atoms with E-state index in [1.54, 1.807) is 36.0 Å². The van der Waals surface area contributed by atoms with Crippen molar-refractivity contribution in [3.05, 3.63) is 79.6 Å². The van der Waals surface area contributed by atoms with Gasteiger partial charge in [-0.3, -0.25) is 19.1 Å². The molecule has 0 saturated carbocycles. The van der Waals surface area contributed by atoms with Gasteiger partial charge in [-0.1, -0.05) is 11.3 Å². The van der Waals surface area contributed by atoms with Crippen molar-refractivity contribution in [3.63, 3.8) is 0 Å². The Morgan fingerprint density at radius 3 is 2.58 bits per heavy atom. The molecule has 26 heavy (non-hydrogen) atoms. The Kier molecular flexibility index (Phi) is 4.22. The van der Waals surface area contributed by atoms with E-state index < -0.39 is 0 Å². The van der Waals surface area contributed by atoms with Gasteiger partial charge in [0, 0.05) is 23.6 Å². The van der Waals surface area contributed by atoms with Gasteiger partial charge in [-0.2, -0.15) is 0 Å². The van der Waals surface area contributed by atoms with Crippen molar-refractivity contribution in [1.82, 2.24) is 9.55 Å². The highest BCUT2D eigenvalue weighted by molar-refractivity contribution is 7.07. The van der Waals surface area contributed by atoms with Crippen LogP contribution in [0.2, 0.25) is 0 Å². The molecule has 0 saturated heterocycles. The van der Waals surface area contributed by atoms with Crippen LogP contribution >= 0.6 is 11.3 Å². The maximum Gasteiger partial charge on any atom is 0.271 e. The molecule has 0 spiro atoms. The molecule has 0 N–H and O–H groups in total. The van der Waals surface area contributed by atoms with Crippen molar-refractivity contribution in [1.29, 1.82) is 0 Å². The first-order valence-corrected chi connectivity index (χ1v) is 8.95. The average Bonchev–Trinajstić information content (AvgIpc) is 2.98. The van der Waals surface area contributed by atoms with E-state index in [4.69, 9.17) is 0 Å². The lowest BCUT2D eigenvalue weighted by atomic mass is 10.1. The largest absolute Gasteiger partial charge is 0.334 e. The first-order chi connectivity index (χ1) is 12.6. The van der Waals surface area contributed by atoms with E-state index in [0.29, 0.717) is 23.4 Å². The van der Waals surface area contributed by atoms with Crippen molar-refractivity contribution in [2.24, 2.45) is 4.99 Å². The number of pyridine rings is 1. The van der Waals surface area contributed by atoms with Crippen LogP contribution in [0.25, 0.3) is 6.08 Å². The van der Waals surface area contributed by atoms with Gasteiger partial charge in [-0.15, -0.1) is 0 Å². The lowest BCUT2D eigenvalue weighted by molar-refractivity contribution is 0.101. The minimum atomic E-state index is -0.0457. The SMILES string of the molecule is CC(=O)c1ccc(N2CN=c3sc(=Cc4ccncc4)c(=O)n3C2)cc1. The van der Waals surface area contributed by atoms with Crippen LogP contribution in [-0.4, -0.2) is 22.0 Å². The summed E-state index contributed by atoms with van der Waals surface area (Å²) in [5.41, 5.74) is 2.50. The molecule has 0 bridgehead atoms. The lowest BCUT2D eigenvalue weighted by Gasteiger charge is -2.25. The van der Waals surface area contributed by atoms with Gasteiger partial charge in [0.1, 0.15) is 13.3 Å². The van der Waals surface area contributed by atoms with Gasteiger partial charge >= 0.3 is 0 Å². The number of carbonyl (C=O) groups is 1. The Morgan fingerprint density at radius 2 is 1.88 bits per heavy atom. The second kappa shape index (κ2) is 6.68. The third kappa shape index (κ3) is 3.09. The second-order valence-electron chi connectivity index (χ2n) is 5.99. The van der Waals surface area contributed by atoms with Crippen molar-refractivity contribution in [3.8, 4) is 0 Å². The molecule has 1 aliphatic heterocycles. The molecule has 0 fully saturated rings. The monoisotopic (exact) mass is 364 g/mol. The van der Waals surface area contributed by atoms with E-state index in [9.17, 15) is 9.59 Å². The van der Waals surface area contributed by atoms with E-state index in [-0.39, 0.29) is 11.3 Å². The number of Topliss-reactive ketones (excluding diaryl/α,β-unsaturated/α-hetero) is 1. The molecule has 130 valence electrons. The van der Waals surface area contributed by atoms with Gasteiger partial charge in [-0.25, -0.2) is 4.99 Å². The predicted molar refractivity (Wildman–Crippen MR) is 101 cm³/mol. The van der Waals surface area contributed by atoms with Gasteiger partial charge in [0.25, 0.3) is 5.56 Å². The minimum Gasteiger partial charge on any atom is -0.334 e. The number of fused-ring (bicyclic) bond motifs is 1. The van der Waals surface area contributed by atoms with Gasteiger partial charge < -0.3 is 4.90 Å². The third-order valence-electron chi connectivity index (χ3n) is 4.22. The summed E-state index contributed by atoms with van der Waals surface area (Å²) in [6.45, 7) is 2.47. The molecule has 0 atom stereocenters. The van der Waals surface area contributed by atoms with Crippen molar-refractivity contribution in [2.75, 3.05) is 11.6 Å². The van der Waals surface area contributed by atoms with E-state index in [0.717, 1.165) is 16.1 Å². The van der Waals surface area contributed by atoms with Crippen LogP contribution in [0.4, 0.5) is 5.69 Å². The maximum absolute atomic E-state index is 12.7. The number of hydrogen-bond donors (Lipinski definition) is 0. The number of rotatable bonds is 3. The van der Waals surface area contributed by atoms with Crippen LogP contribution < -0.4 is 19.8 Å². The number of benzene rings is 1. The first kappa shape index (κ1) is 16.4. The van der Waals surface area contributed by atoms with Crippen LogP contribution in [0, 0.1) is 0 Å². The Balaban J connectivity index is 1.66. The second-order valence-corrected chi connectivity index (χ2v) is 7.00. The van der Waals surface area contributed by atoms with Crippen molar-refractivity contribution >= 4 is 28.9 Å². The number of ketones is 1. The smallest absolute Gasteiger partial charge is 0.271 e. The molecule has 0 radical (unpaired) electrons. The van der Waals surface area contributed by atoms with Crippen LogP contribution in [-0.2, 0) is 6.67 Å². The summed E-state index contributed by atoms with van der Waals surface area (Å²) in [7, 11) is 0. The van der Waals surface area contributed by atoms with Gasteiger partial charge in [0.15, 0.2) is 10.6 Å². The summed E-state index contributed by atoms with van der Waals surface area (Å²) in [4.78, 5) is 35.4. The van der Waals surface area contributed by atoms with Crippen LogP contribution in [0.15, 0.2) is 58.6 Å². The number of nitrogens with zero attached hydrogens (tertiary/aromatic N) is 4. The summed E-state index contributed by atoms with van der Waals surface area (Å²) < 4.78 is 2.34. The number of thiazole rings is 1. The molecule has 6 nitrogen and oxygen atoms in total. The average molecular weight is 364 g/mol. The summed E-state index contributed by atoms with van der Waals surface area (Å²) in [5.74, 6) is 0.0347. The number of hydrogen-bond acceptors (Lipinski definition) is 6. The van der Waals surface area contributed by atoms with Crippen molar-refractivity contribution < 1.29 is 4.79 Å². The summed E-state index contributed by atoms with van der Waals surface area (Å²) >= 11 is 1.40. The molecule has 3 heterocycles. The third-order valence-corrected chi connectivity index (χ3v) is 5.26. The van der Waals surface area contributed by atoms with E-state index in [2.05, 4.69) is 9.98 Å². The molecule has 1 aromatic carbocycles. The molecule has 0 amide bonds. The zero-order valence-electron chi connectivity index (χ0n) is 14.1. The summed E-state index contributed by atoms with van der Waals surface area (Å²) in [6.07, 6.45) is 5.27. The van der Waals surface area contributed by atoms with Gasteiger partial charge in [-0.05, 0) is 55.0 Å².